The van der Waals surface area contributed by atoms with Gasteiger partial charge in [0.1, 0.15) is 5.69 Å². The van der Waals surface area contributed by atoms with Gasteiger partial charge in [0.2, 0.25) is 0 Å². The second-order valence-corrected chi connectivity index (χ2v) is 4.46. The summed E-state index contributed by atoms with van der Waals surface area (Å²) in [6.07, 6.45) is 0.695. The van der Waals surface area contributed by atoms with Crippen LogP contribution in [0.15, 0.2) is 16.9 Å². The highest BCUT2D eigenvalue weighted by Crippen LogP contribution is 2.18. The first kappa shape index (κ1) is 14.2. The first-order valence-corrected chi connectivity index (χ1v) is 6.11. The van der Waals surface area contributed by atoms with Gasteiger partial charge in [-0.3, -0.25) is 9.48 Å². The summed E-state index contributed by atoms with van der Waals surface area (Å²) in [5.41, 5.74) is 5.49. The molecule has 4 nitrogen and oxygen atoms in total. The average molecular weight is 285 g/mol. The number of nitrogens with zero attached hydrogens (tertiary/aromatic N) is 2. The van der Waals surface area contributed by atoms with Crippen LogP contribution < -0.4 is 11.3 Å². The van der Waals surface area contributed by atoms with Crippen LogP contribution in [0, 0.1) is 24.4 Å². The van der Waals surface area contributed by atoms with Gasteiger partial charge in [0.25, 0.3) is 5.56 Å². The topological polar surface area (TPSA) is 52.9 Å². The molecule has 2 aromatic rings. The van der Waals surface area contributed by atoms with E-state index in [0.717, 1.165) is 16.8 Å². The first-order chi connectivity index (χ1) is 9.38. The van der Waals surface area contributed by atoms with E-state index in [1.54, 1.807) is 6.92 Å². The molecular weight excluding hydrogens is 271 g/mol. The monoisotopic (exact) mass is 285 g/mol. The zero-order valence-corrected chi connectivity index (χ0v) is 11.1. The molecule has 0 atom stereocenters. The second kappa shape index (κ2) is 5.07. The Morgan fingerprint density at radius 3 is 2.25 bits per heavy atom. The second-order valence-electron chi connectivity index (χ2n) is 4.46. The van der Waals surface area contributed by atoms with Crippen LogP contribution >= 0.6 is 0 Å². The van der Waals surface area contributed by atoms with E-state index in [1.807, 2.05) is 6.92 Å². The normalized spacial score (nSPS) is 11.1. The highest BCUT2D eigenvalue weighted by molar-refractivity contribution is 5.45. The zero-order chi connectivity index (χ0) is 15.0. The SMILES string of the molecule is CCCn1c(C)c(N)c(=O)n1-c1cc(F)c(F)c(F)c1. The average Bonchev–Trinajstić information content (AvgIpc) is 2.61. The maximum Gasteiger partial charge on any atom is 0.294 e. The van der Waals surface area contributed by atoms with E-state index in [4.69, 9.17) is 5.73 Å². The zero-order valence-electron chi connectivity index (χ0n) is 11.1. The van der Waals surface area contributed by atoms with Gasteiger partial charge in [-0.05, 0) is 13.3 Å². The Kier molecular flexibility index (Phi) is 3.61. The van der Waals surface area contributed by atoms with E-state index in [-0.39, 0.29) is 11.4 Å². The van der Waals surface area contributed by atoms with Crippen molar-refractivity contribution in [1.29, 1.82) is 0 Å². The van der Waals surface area contributed by atoms with Crippen molar-refractivity contribution in [3.63, 3.8) is 0 Å². The van der Waals surface area contributed by atoms with E-state index < -0.39 is 23.0 Å². The van der Waals surface area contributed by atoms with Crippen LogP contribution in [0.2, 0.25) is 0 Å². The third-order valence-corrected chi connectivity index (χ3v) is 3.09. The molecule has 20 heavy (non-hydrogen) atoms. The number of halogens is 3. The molecule has 7 heteroatoms. The van der Waals surface area contributed by atoms with Crippen molar-refractivity contribution in [2.24, 2.45) is 0 Å². The molecule has 2 N–H and O–H groups in total. The van der Waals surface area contributed by atoms with E-state index in [1.165, 1.54) is 4.68 Å². The molecule has 0 amide bonds. The van der Waals surface area contributed by atoms with Crippen molar-refractivity contribution in [2.75, 3.05) is 5.73 Å². The van der Waals surface area contributed by atoms with Crippen LogP contribution in [0.1, 0.15) is 19.0 Å². The Hall–Kier alpha value is -2.18. The Balaban J connectivity index is 2.75. The van der Waals surface area contributed by atoms with E-state index >= 15 is 0 Å². The molecule has 0 aliphatic heterocycles. The quantitative estimate of drug-likeness (QED) is 0.880. The Labute approximate surface area is 113 Å². The van der Waals surface area contributed by atoms with E-state index in [2.05, 4.69) is 0 Å². The lowest BCUT2D eigenvalue weighted by Crippen LogP contribution is -2.23. The number of rotatable bonds is 3. The summed E-state index contributed by atoms with van der Waals surface area (Å²) in [6, 6.07) is 1.54. The fraction of sp³-hybridized carbons (Fsp3) is 0.308. The lowest BCUT2D eigenvalue weighted by Gasteiger charge is -2.13. The molecule has 1 heterocycles. The smallest absolute Gasteiger partial charge is 0.294 e. The van der Waals surface area contributed by atoms with Crippen molar-refractivity contribution in [3.05, 3.63) is 45.6 Å². The lowest BCUT2D eigenvalue weighted by molar-refractivity contribution is 0.442. The maximum absolute atomic E-state index is 13.3. The Bertz CT molecular complexity index is 695. The van der Waals surface area contributed by atoms with Crippen molar-refractivity contribution >= 4 is 5.69 Å². The van der Waals surface area contributed by atoms with Gasteiger partial charge >= 0.3 is 0 Å². The van der Waals surface area contributed by atoms with Crippen LogP contribution in [-0.4, -0.2) is 9.36 Å². The number of hydrogen-bond acceptors (Lipinski definition) is 2. The Morgan fingerprint density at radius 1 is 1.20 bits per heavy atom. The van der Waals surface area contributed by atoms with Gasteiger partial charge in [0, 0.05) is 18.7 Å². The molecule has 0 bridgehead atoms. The number of nitrogens with two attached hydrogens (primary N) is 1. The number of aromatic nitrogens is 2. The van der Waals surface area contributed by atoms with Gasteiger partial charge in [-0.25, -0.2) is 17.9 Å². The third kappa shape index (κ3) is 2.09. The molecule has 0 saturated carbocycles. The largest absolute Gasteiger partial charge is 0.393 e. The summed E-state index contributed by atoms with van der Waals surface area (Å²) in [7, 11) is 0. The molecule has 0 fully saturated rings. The molecule has 2 rings (SSSR count). The van der Waals surface area contributed by atoms with E-state index in [9.17, 15) is 18.0 Å². The molecule has 1 aromatic heterocycles. The van der Waals surface area contributed by atoms with Gasteiger partial charge in [0.15, 0.2) is 17.5 Å². The predicted molar refractivity (Wildman–Crippen MR) is 69.3 cm³/mol. The molecule has 0 radical (unpaired) electrons. The fourth-order valence-corrected chi connectivity index (χ4v) is 2.07. The maximum atomic E-state index is 13.3. The van der Waals surface area contributed by atoms with Crippen molar-refractivity contribution in [2.45, 2.75) is 26.8 Å². The van der Waals surface area contributed by atoms with Crippen LogP contribution in [0.25, 0.3) is 5.69 Å². The summed E-state index contributed by atoms with van der Waals surface area (Å²) in [4.78, 5) is 12.1. The minimum atomic E-state index is -1.57. The first-order valence-electron chi connectivity index (χ1n) is 6.11. The third-order valence-electron chi connectivity index (χ3n) is 3.09. The minimum absolute atomic E-state index is 0.00333. The van der Waals surface area contributed by atoms with Crippen molar-refractivity contribution in [3.8, 4) is 5.69 Å². The number of anilines is 1. The van der Waals surface area contributed by atoms with Gasteiger partial charge < -0.3 is 5.73 Å². The minimum Gasteiger partial charge on any atom is -0.393 e. The van der Waals surface area contributed by atoms with Crippen LogP contribution in [0.4, 0.5) is 18.9 Å². The van der Waals surface area contributed by atoms with Crippen LogP contribution in [-0.2, 0) is 6.54 Å². The number of benzene rings is 1. The summed E-state index contributed by atoms with van der Waals surface area (Å²) < 4.78 is 42.2. The van der Waals surface area contributed by atoms with Gasteiger partial charge in [-0.15, -0.1) is 0 Å². The summed E-state index contributed by atoms with van der Waals surface area (Å²) in [6.45, 7) is 3.97. The van der Waals surface area contributed by atoms with Crippen LogP contribution in [0.3, 0.4) is 0 Å². The summed E-state index contributed by atoms with van der Waals surface area (Å²) >= 11 is 0. The van der Waals surface area contributed by atoms with Gasteiger partial charge in [0.05, 0.1) is 11.4 Å². The standard InChI is InChI=1S/C13H14F3N3O/c1-3-4-18-7(2)12(17)13(20)19(18)8-5-9(14)11(16)10(15)6-8/h5-6H,3-4,17H2,1-2H3. The molecule has 108 valence electrons. The molecule has 0 unspecified atom stereocenters. The summed E-state index contributed by atoms with van der Waals surface area (Å²) in [5.74, 6) is -4.28. The highest BCUT2D eigenvalue weighted by atomic mass is 19.2. The molecule has 0 spiro atoms. The molecule has 0 saturated heterocycles. The van der Waals surface area contributed by atoms with Gasteiger partial charge in [-0.2, -0.15) is 0 Å². The molecule has 0 aliphatic carbocycles. The van der Waals surface area contributed by atoms with Crippen LogP contribution in [0.5, 0.6) is 0 Å². The molecular formula is C13H14F3N3O. The fourth-order valence-electron chi connectivity index (χ4n) is 2.07. The molecule has 0 aliphatic rings. The highest BCUT2D eigenvalue weighted by Gasteiger charge is 2.18. The molecule has 1 aromatic carbocycles. The summed E-state index contributed by atoms with van der Waals surface area (Å²) in [5, 5.41) is 0. The number of hydrogen-bond donors (Lipinski definition) is 1. The van der Waals surface area contributed by atoms with Crippen molar-refractivity contribution < 1.29 is 13.2 Å². The van der Waals surface area contributed by atoms with E-state index in [0.29, 0.717) is 18.7 Å². The Morgan fingerprint density at radius 2 is 1.75 bits per heavy atom. The van der Waals surface area contributed by atoms with Crippen molar-refractivity contribution in [1.82, 2.24) is 9.36 Å². The lowest BCUT2D eigenvalue weighted by atomic mass is 10.3. The predicted octanol–water partition coefficient (Wildman–Crippen LogP) is 2.36. The number of nitrogen functional groups attached to an aromatic ring is 1. The van der Waals surface area contributed by atoms with Gasteiger partial charge in [-0.1, -0.05) is 6.92 Å².